The number of hydrogen-bond donors (Lipinski definition) is 1. The minimum Gasteiger partial charge on any atom is -0.378 e. The van der Waals surface area contributed by atoms with Gasteiger partial charge in [-0.25, -0.2) is 0 Å². The molecule has 0 aromatic heterocycles. The van der Waals surface area contributed by atoms with Crippen molar-refractivity contribution in [2.75, 3.05) is 13.7 Å². The first-order chi connectivity index (χ1) is 8.38. The third-order valence-electron chi connectivity index (χ3n) is 4.67. The number of ether oxygens (including phenoxy) is 1. The van der Waals surface area contributed by atoms with Crippen LogP contribution in [0.4, 0.5) is 0 Å². The summed E-state index contributed by atoms with van der Waals surface area (Å²) in [6, 6.07) is 0.722. The molecule has 2 nitrogen and oxygen atoms in total. The molecule has 2 fully saturated rings. The minimum absolute atomic E-state index is 0.567. The molecule has 2 unspecified atom stereocenters. The van der Waals surface area contributed by atoms with E-state index in [1.54, 1.807) is 0 Å². The zero-order chi connectivity index (χ0) is 11.9. The number of hydrogen-bond acceptors (Lipinski definition) is 2. The Morgan fingerprint density at radius 1 is 1.06 bits per heavy atom. The van der Waals surface area contributed by atoms with E-state index in [2.05, 4.69) is 12.4 Å². The van der Waals surface area contributed by atoms with Crippen LogP contribution in [0.5, 0.6) is 0 Å². The maximum atomic E-state index is 5.70. The Hall–Kier alpha value is -0.0800. The summed E-state index contributed by atoms with van der Waals surface area (Å²) in [6.07, 6.45) is 14.4. The quantitative estimate of drug-likeness (QED) is 0.734. The predicted octanol–water partition coefficient (Wildman–Crippen LogP) is 3.50. The summed E-state index contributed by atoms with van der Waals surface area (Å²) in [6.45, 7) is 0.997. The van der Waals surface area contributed by atoms with Crippen molar-refractivity contribution >= 4 is 0 Å². The molecule has 0 spiro atoms. The van der Waals surface area contributed by atoms with Crippen molar-refractivity contribution in [3.63, 3.8) is 0 Å². The van der Waals surface area contributed by atoms with Crippen molar-refractivity contribution in [1.82, 2.24) is 5.32 Å². The molecule has 1 aliphatic carbocycles. The van der Waals surface area contributed by atoms with Gasteiger partial charge in [0, 0.05) is 12.6 Å². The second kappa shape index (κ2) is 7.38. The Morgan fingerprint density at radius 2 is 1.82 bits per heavy atom. The van der Waals surface area contributed by atoms with Crippen molar-refractivity contribution in [2.45, 2.75) is 76.4 Å². The largest absolute Gasteiger partial charge is 0.378 e. The van der Waals surface area contributed by atoms with Crippen LogP contribution in [0.1, 0.15) is 64.2 Å². The van der Waals surface area contributed by atoms with Gasteiger partial charge in [-0.2, -0.15) is 0 Å². The van der Waals surface area contributed by atoms with Crippen molar-refractivity contribution in [3.8, 4) is 0 Å². The lowest BCUT2D eigenvalue weighted by Crippen LogP contribution is -2.27. The van der Waals surface area contributed by atoms with Crippen LogP contribution in [-0.4, -0.2) is 25.8 Å². The summed E-state index contributed by atoms with van der Waals surface area (Å²) >= 11 is 0. The van der Waals surface area contributed by atoms with Gasteiger partial charge in [0.2, 0.25) is 0 Å². The zero-order valence-corrected chi connectivity index (χ0v) is 11.4. The summed E-state index contributed by atoms with van der Waals surface area (Å²) in [7, 11) is 2.12. The molecule has 1 N–H and O–H groups in total. The van der Waals surface area contributed by atoms with E-state index in [1.807, 2.05) is 0 Å². The van der Waals surface area contributed by atoms with Crippen LogP contribution in [-0.2, 0) is 4.74 Å². The van der Waals surface area contributed by atoms with Gasteiger partial charge in [-0.1, -0.05) is 25.7 Å². The maximum absolute atomic E-state index is 5.70. The summed E-state index contributed by atoms with van der Waals surface area (Å²) in [5.74, 6) is 1.04. The van der Waals surface area contributed by atoms with Gasteiger partial charge in [0.15, 0.2) is 0 Å². The molecule has 17 heavy (non-hydrogen) atoms. The van der Waals surface area contributed by atoms with Crippen molar-refractivity contribution in [1.29, 1.82) is 0 Å². The van der Waals surface area contributed by atoms with Gasteiger partial charge in [-0.05, 0) is 51.5 Å². The van der Waals surface area contributed by atoms with E-state index < -0.39 is 0 Å². The van der Waals surface area contributed by atoms with Crippen molar-refractivity contribution < 1.29 is 4.74 Å². The highest BCUT2D eigenvalue weighted by Crippen LogP contribution is 2.29. The molecule has 2 aliphatic rings. The molecular formula is C15H29NO. The third-order valence-corrected chi connectivity index (χ3v) is 4.67. The molecule has 2 atom stereocenters. The molecule has 0 aromatic rings. The Balaban J connectivity index is 1.58. The van der Waals surface area contributed by atoms with Crippen LogP contribution in [0.2, 0.25) is 0 Å². The Morgan fingerprint density at radius 3 is 2.47 bits per heavy atom. The highest BCUT2D eigenvalue weighted by Gasteiger charge is 2.19. The van der Waals surface area contributed by atoms with Crippen molar-refractivity contribution in [2.24, 2.45) is 5.92 Å². The first-order valence-electron chi connectivity index (χ1n) is 7.67. The summed E-state index contributed by atoms with van der Waals surface area (Å²) in [5.41, 5.74) is 0. The fraction of sp³-hybridized carbons (Fsp3) is 1.00. The molecular weight excluding hydrogens is 210 g/mol. The van der Waals surface area contributed by atoms with Crippen LogP contribution >= 0.6 is 0 Å². The molecule has 0 amide bonds. The van der Waals surface area contributed by atoms with Crippen LogP contribution in [0.3, 0.4) is 0 Å². The predicted molar refractivity (Wildman–Crippen MR) is 72.2 cm³/mol. The van der Waals surface area contributed by atoms with E-state index >= 15 is 0 Å². The van der Waals surface area contributed by atoms with Crippen LogP contribution in [0.25, 0.3) is 0 Å². The zero-order valence-electron chi connectivity index (χ0n) is 11.4. The van der Waals surface area contributed by atoms with Gasteiger partial charge in [-0.3, -0.25) is 0 Å². The lowest BCUT2D eigenvalue weighted by atomic mass is 9.95. The minimum atomic E-state index is 0.567. The molecule has 1 heterocycles. The highest BCUT2D eigenvalue weighted by molar-refractivity contribution is 4.74. The molecule has 100 valence electrons. The van der Waals surface area contributed by atoms with E-state index in [1.165, 1.54) is 64.2 Å². The summed E-state index contributed by atoms with van der Waals surface area (Å²) in [5, 5.41) is 3.49. The second-order valence-electron chi connectivity index (χ2n) is 5.93. The molecule has 1 saturated heterocycles. The van der Waals surface area contributed by atoms with E-state index in [0.29, 0.717) is 6.10 Å². The average Bonchev–Trinajstić information content (AvgIpc) is 3.02. The van der Waals surface area contributed by atoms with Gasteiger partial charge in [-0.15, -0.1) is 0 Å². The standard InChI is InChI=1S/C15H29NO/c1-16-14(9-8-13-5-2-3-6-13)10-11-15-7-4-12-17-15/h13-16H,2-12H2,1H3. The van der Waals surface area contributed by atoms with Gasteiger partial charge in [0.1, 0.15) is 0 Å². The fourth-order valence-electron chi connectivity index (χ4n) is 3.43. The number of rotatable bonds is 7. The molecule has 0 bridgehead atoms. The summed E-state index contributed by atoms with van der Waals surface area (Å²) in [4.78, 5) is 0. The van der Waals surface area contributed by atoms with E-state index in [0.717, 1.165) is 18.6 Å². The van der Waals surface area contributed by atoms with E-state index in [4.69, 9.17) is 4.74 Å². The van der Waals surface area contributed by atoms with Crippen molar-refractivity contribution in [3.05, 3.63) is 0 Å². The van der Waals surface area contributed by atoms with Gasteiger partial charge in [0.05, 0.1) is 6.10 Å². The van der Waals surface area contributed by atoms with Gasteiger partial charge < -0.3 is 10.1 Å². The highest BCUT2D eigenvalue weighted by atomic mass is 16.5. The molecule has 1 aliphatic heterocycles. The molecule has 0 aromatic carbocycles. The normalized spacial score (nSPS) is 27.7. The first-order valence-corrected chi connectivity index (χ1v) is 7.67. The first kappa shape index (κ1) is 13.4. The lowest BCUT2D eigenvalue weighted by Gasteiger charge is -2.20. The maximum Gasteiger partial charge on any atom is 0.0576 e. The Bertz CT molecular complexity index is 175. The van der Waals surface area contributed by atoms with Crippen LogP contribution < -0.4 is 5.32 Å². The Labute approximate surface area is 107 Å². The number of nitrogens with one attached hydrogen (secondary N) is 1. The average molecular weight is 239 g/mol. The fourth-order valence-corrected chi connectivity index (χ4v) is 3.43. The van der Waals surface area contributed by atoms with E-state index in [9.17, 15) is 0 Å². The smallest absolute Gasteiger partial charge is 0.0576 e. The molecule has 1 saturated carbocycles. The molecule has 2 rings (SSSR count). The summed E-state index contributed by atoms with van der Waals surface area (Å²) < 4.78 is 5.70. The monoisotopic (exact) mass is 239 g/mol. The SMILES string of the molecule is CNC(CCC1CCCC1)CCC1CCCO1. The van der Waals surface area contributed by atoms with Crippen LogP contribution in [0, 0.1) is 5.92 Å². The van der Waals surface area contributed by atoms with Gasteiger partial charge >= 0.3 is 0 Å². The lowest BCUT2D eigenvalue weighted by molar-refractivity contribution is 0.0993. The second-order valence-corrected chi connectivity index (χ2v) is 5.93. The molecule has 0 radical (unpaired) electrons. The Kier molecular flexibility index (Phi) is 5.79. The third kappa shape index (κ3) is 4.59. The topological polar surface area (TPSA) is 21.3 Å². The van der Waals surface area contributed by atoms with E-state index in [-0.39, 0.29) is 0 Å². The van der Waals surface area contributed by atoms with Crippen LogP contribution in [0.15, 0.2) is 0 Å². The van der Waals surface area contributed by atoms with Gasteiger partial charge in [0.25, 0.3) is 0 Å². The molecule has 2 heteroatoms.